The fourth-order valence-electron chi connectivity index (χ4n) is 2.69. The first-order valence-electron chi connectivity index (χ1n) is 7.97. The smallest absolute Gasteiger partial charge is 0.275 e. The molecule has 0 aliphatic rings. The summed E-state index contributed by atoms with van der Waals surface area (Å²) >= 11 is 0. The number of anilines is 2. The van der Waals surface area contributed by atoms with E-state index in [9.17, 15) is 13.6 Å². The molecule has 0 spiro atoms. The van der Waals surface area contributed by atoms with Crippen molar-refractivity contribution in [3.8, 4) is 11.3 Å². The first kappa shape index (κ1) is 16.6. The van der Waals surface area contributed by atoms with Crippen LogP contribution in [0.1, 0.15) is 10.5 Å². The Bertz CT molecular complexity index is 1150. The van der Waals surface area contributed by atoms with Crippen molar-refractivity contribution in [2.24, 2.45) is 0 Å². The van der Waals surface area contributed by atoms with Gasteiger partial charge in [-0.15, -0.1) is 0 Å². The van der Waals surface area contributed by atoms with Crippen LogP contribution in [0.25, 0.3) is 16.9 Å². The van der Waals surface area contributed by atoms with Gasteiger partial charge in [0.2, 0.25) is 0 Å². The molecule has 6 nitrogen and oxygen atoms in total. The van der Waals surface area contributed by atoms with Crippen LogP contribution in [0.2, 0.25) is 0 Å². The Morgan fingerprint density at radius 3 is 2.52 bits per heavy atom. The SMILES string of the molecule is Nc1cccc(-c2ccc3nc(C(=O)Nc4cc(F)cc(F)c4)cn3c2)n1. The molecule has 4 aromatic rings. The second-order valence-corrected chi connectivity index (χ2v) is 5.87. The Balaban J connectivity index is 1.64. The van der Waals surface area contributed by atoms with Gasteiger partial charge in [-0.05, 0) is 36.4 Å². The molecular weight excluding hydrogens is 352 g/mol. The van der Waals surface area contributed by atoms with Gasteiger partial charge in [0, 0.05) is 29.7 Å². The quantitative estimate of drug-likeness (QED) is 0.582. The van der Waals surface area contributed by atoms with Crippen molar-refractivity contribution >= 4 is 23.1 Å². The Kier molecular flexibility index (Phi) is 4.00. The van der Waals surface area contributed by atoms with Gasteiger partial charge >= 0.3 is 0 Å². The van der Waals surface area contributed by atoms with Gasteiger partial charge in [-0.25, -0.2) is 18.7 Å². The highest BCUT2D eigenvalue weighted by Gasteiger charge is 2.13. The summed E-state index contributed by atoms with van der Waals surface area (Å²) in [5.74, 6) is -1.73. The highest BCUT2D eigenvalue weighted by Crippen LogP contribution is 2.20. The van der Waals surface area contributed by atoms with Gasteiger partial charge in [0.25, 0.3) is 5.91 Å². The van der Waals surface area contributed by atoms with Crippen LogP contribution < -0.4 is 11.1 Å². The van der Waals surface area contributed by atoms with Crippen molar-refractivity contribution in [1.29, 1.82) is 0 Å². The van der Waals surface area contributed by atoms with Crippen LogP contribution in [0.3, 0.4) is 0 Å². The minimum atomic E-state index is -0.778. The zero-order valence-electron chi connectivity index (χ0n) is 13.9. The van der Waals surface area contributed by atoms with E-state index < -0.39 is 17.5 Å². The molecule has 8 heteroatoms. The van der Waals surface area contributed by atoms with E-state index in [0.29, 0.717) is 17.2 Å². The Labute approximate surface area is 152 Å². The van der Waals surface area contributed by atoms with E-state index in [-0.39, 0.29) is 11.4 Å². The molecule has 0 saturated carbocycles. The van der Waals surface area contributed by atoms with Crippen molar-refractivity contribution in [2.75, 3.05) is 11.1 Å². The number of hydrogen-bond donors (Lipinski definition) is 2. The summed E-state index contributed by atoms with van der Waals surface area (Å²) in [5.41, 5.74) is 7.86. The van der Waals surface area contributed by atoms with Gasteiger partial charge in [0.15, 0.2) is 0 Å². The summed E-state index contributed by atoms with van der Waals surface area (Å²) in [6.07, 6.45) is 3.29. The lowest BCUT2D eigenvalue weighted by atomic mass is 10.2. The summed E-state index contributed by atoms with van der Waals surface area (Å²) in [6.45, 7) is 0. The molecule has 0 aliphatic carbocycles. The zero-order valence-corrected chi connectivity index (χ0v) is 13.9. The lowest BCUT2D eigenvalue weighted by Gasteiger charge is -2.03. The van der Waals surface area contributed by atoms with Crippen LogP contribution in [0, 0.1) is 11.6 Å². The Hall–Kier alpha value is -3.81. The third-order valence-electron chi connectivity index (χ3n) is 3.87. The lowest BCUT2D eigenvalue weighted by Crippen LogP contribution is -2.12. The van der Waals surface area contributed by atoms with Gasteiger partial charge in [-0.1, -0.05) is 6.07 Å². The molecule has 0 atom stereocenters. The van der Waals surface area contributed by atoms with E-state index >= 15 is 0 Å². The summed E-state index contributed by atoms with van der Waals surface area (Å²) < 4.78 is 28.2. The monoisotopic (exact) mass is 365 g/mol. The predicted molar refractivity (Wildman–Crippen MR) is 97.1 cm³/mol. The normalized spacial score (nSPS) is 10.9. The number of rotatable bonds is 3. The average Bonchev–Trinajstić information content (AvgIpc) is 3.04. The number of hydrogen-bond acceptors (Lipinski definition) is 4. The summed E-state index contributed by atoms with van der Waals surface area (Å²) in [7, 11) is 0. The summed E-state index contributed by atoms with van der Waals surface area (Å²) in [5, 5.41) is 2.43. The average molecular weight is 365 g/mol. The number of nitrogens with two attached hydrogens (primary N) is 1. The molecule has 0 fully saturated rings. The molecule has 0 saturated heterocycles. The van der Waals surface area contributed by atoms with Gasteiger partial charge in [-0.3, -0.25) is 4.79 Å². The van der Waals surface area contributed by atoms with Crippen molar-refractivity contribution in [3.63, 3.8) is 0 Å². The van der Waals surface area contributed by atoms with Gasteiger partial charge < -0.3 is 15.5 Å². The molecule has 27 heavy (non-hydrogen) atoms. The maximum atomic E-state index is 13.3. The van der Waals surface area contributed by atoms with Crippen molar-refractivity contribution in [2.45, 2.75) is 0 Å². The van der Waals surface area contributed by atoms with E-state index in [1.165, 1.54) is 6.20 Å². The van der Waals surface area contributed by atoms with E-state index in [1.54, 1.807) is 28.8 Å². The third kappa shape index (κ3) is 3.45. The molecule has 3 heterocycles. The molecule has 3 N–H and O–H groups in total. The number of nitrogens with zero attached hydrogens (tertiary/aromatic N) is 3. The minimum absolute atomic E-state index is 0.0132. The van der Waals surface area contributed by atoms with Crippen LogP contribution in [-0.2, 0) is 0 Å². The number of benzene rings is 1. The number of carbonyl (C=O) groups excluding carboxylic acids is 1. The molecule has 0 bridgehead atoms. The molecule has 0 aliphatic heterocycles. The number of imidazole rings is 1. The molecule has 0 unspecified atom stereocenters. The number of nitrogens with one attached hydrogen (secondary N) is 1. The van der Waals surface area contributed by atoms with Crippen LogP contribution >= 0.6 is 0 Å². The number of nitrogen functional groups attached to an aromatic ring is 1. The molecule has 1 aromatic carbocycles. The zero-order chi connectivity index (χ0) is 19.0. The van der Waals surface area contributed by atoms with E-state index in [1.807, 2.05) is 12.1 Å². The van der Waals surface area contributed by atoms with E-state index in [2.05, 4.69) is 15.3 Å². The van der Waals surface area contributed by atoms with Crippen molar-refractivity contribution < 1.29 is 13.6 Å². The van der Waals surface area contributed by atoms with Crippen molar-refractivity contribution in [3.05, 3.63) is 78.3 Å². The van der Waals surface area contributed by atoms with Gasteiger partial charge in [0.1, 0.15) is 28.8 Å². The Morgan fingerprint density at radius 1 is 1.00 bits per heavy atom. The predicted octanol–water partition coefficient (Wildman–Crippen LogP) is 3.51. The molecule has 1 amide bonds. The van der Waals surface area contributed by atoms with Crippen molar-refractivity contribution in [1.82, 2.24) is 14.4 Å². The number of halogens is 2. The number of carbonyl (C=O) groups is 1. The first-order valence-corrected chi connectivity index (χ1v) is 7.97. The topological polar surface area (TPSA) is 85.3 Å². The Morgan fingerprint density at radius 2 is 1.78 bits per heavy atom. The second kappa shape index (κ2) is 6.49. The minimum Gasteiger partial charge on any atom is -0.384 e. The van der Waals surface area contributed by atoms with Crippen LogP contribution in [0.15, 0.2) is 60.9 Å². The maximum absolute atomic E-state index is 13.3. The highest BCUT2D eigenvalue weighted by atomic mass is 19.1. The largest absolute Gasteiger partial charge is 0.384 e. The highest BCUT2D eigenvalue weighted by molar-refractivity contribution is 6.03. The van der Waals surface area contributed by atoms with Gasteiger partial charge in [-0.2, -0.15) is 0 Å². The standard InChI is InChI=1S/C19H13F2N5O/c20-12-6-13(21)8-14(7-12)23-19(27)16-10-26-9-11(4-5-18(26)25-16)15-2-1-3-17(22)24-15/h1-10H,(H2,22,24)(H,23,27). The lowest BCUT2D eigenvalue weighted by molar-refractivity contribution is 0.102. The second-order valence-electron chi connectivity index (χ2n) is 5.87. The number of amides is 1. The molecule has 3 aromatic heterocycles. The fraction of sp³-hybridized carbons (Fsp3) is 0. The number of aromatic nitrogens is 3. The third-order valence-corrected chi connectivity index (χ3v) is 3.87. The first-order chi connectivity index (χ1) is 13.0. The van der Waals surface area contributed by atoms with Crippen LogP contribution in [0.5, 0.6) is 0 Å². The van der Waals surface area contributed by atoms with E-state index in [0.717, 1.165) is 23.8 Å². The number of pyridine rings is 2. The van der Waals surface area contributed by atoms with Gasteiger partial charge in [0.05, 0.1) is 5.69 Å². The maximum Gasteiger partial charge on any atom is 0.275 e. The number of fused-ring (bicyclic) bond motifs is 1. The summed E-state index contributed by atoms with van der Waals surface area (Å²) in [6, 6.07) is 11.6. The molecule has 134 valence electrons. The van der Waals surface area contributed by atoms with Crippen LogP contribution in [0.4, 0.5) is 20.3 Å². The summed E-state index contributed by atoms with van der Waals surface area (Å²) in [4.78, 5) is 20.8. The molecule has 4 rings (SSSR count). The fourth-order valence-corrected chi connectivity index (χ4v) is 2.69. The molecule has 0 radical (unpaired) electrons. The molecular formula is C19H13F2N5O. The van der Waals surface area contributed by atoms with E-state index in [4.69, 9.17) is 5.73 Å². The van der Waals surface area contributed by atoms with Crippen LogP contribution in [-0.4, -0.2) is 20.3 Å².